The predicted molar refractivity (Wildman–Crippen MR) is 33.9 cm³/mol. The van der Waals surface area contributed by atoms with Crippen molar-refractivity contribution in [2.45, 2.75) is 0 Å². The van der Waals surface area contributed by atoms with E-state index in [0.717, 1.165) is 7.41 Å². The van der Waals surface area contributed by atoms with Crippen LogP contribution in [0.5, 0.6) is 0 Å². The minimum absolute atomic E-state index is 0.826. The third-order valence-electron chi connectivity index (χ3n) is 0.761. The van der Waals surface area contributed by atoms with Gasteiger partial charge in [-0.1, -0.05) is 18.1 Å². The maximum Gasteiger partial charge on any atom is 0.287 e. The fourth-order valence-corrected chi connectivity index (χ4v) is 0.436. The first-order valence-corrected chi connectivity index (χ1v) is 2.32. The largest absolute Gasteiger partial charge is 0.348 e. The zero-order valence-electron chi connectivity index (χ0n) is 4.04. The topological polar surface area (TPSA) is 12.4 Å². The van der Waals surface area contributed by atoms with Gasteiger partial charge in [0.1, 0.15) is 0 Å². The maximum absolute atomic E-state index is 3.97. The SMILES string of the molecule is B1C=CC=CC=N1. The van der Waals surface area contributed by atoms with E-state index in [1.165, 1.54) is 0 Å². The second-order valence-electron chi connectivity index (χ2n) is 1.33. The quantitative estimate of drug-likeness (QED) is 0.384. The van der Waals surface area contributed by atoms with Gasteiger partial charge in [0.2, 0.25) is 0 Å². The van der Waals surface area contributed by atoms with Crippen LogP contribution < -0.4 is 0 Å². The van der Waals surface area contributed by atoms with Gasteiger partial charge in [-0.15, -0.1) is 0 Å². The molecule has 0 spiro atoms. The normalized spacial score (nSPS) is 16.0. The second kappa shape index (κ2) is 2.40. The lowest BCUT2D eigenvalue weighted by molar-refractivity contribution is 1.90. The second-order valence-corrected chi connectivity index (χ2v) is 1.33. The molecule has 7 heavy (non-hydrogen) atoms. The van der Waals surface area contributed by atoms with Gasteiger partial charge in [0, 0.05) is 6.21 Å². The van der Waals surface area contributed by atoms with Gasteiger partial charge >= 0.3 is 0 Å². The van der Waals surface area contributed by atoms with E-state index in [4.69, 9.17) is 0 Å². The smallest absolute Gasteiger partial charge is 0.287 e. The molecule has 0 bridgehead atoms. The Labute approximate surface area is 43.7 Å². The molecular formula is C5H6BN. The van der Waals surface area contributed by atoms with Crippen LogP contribution in [0.1, 0.15) is 0 Å². The van der Waals surface area contributed by atoms with E-state index in [-0.39, 0.29) is 0 Å². The molecule has 0 N–H and O–H groups in total. The standard InChI is InChI=1S/C5H6BN/c1-2-4-6-7-5-3-1/h1-6H. The summed E-state index contributed by atoms with van der Waals surface area (Å²) in [7, 11) is 0.826. The van der Waals surface area contributed by atoms with Gasteiger partial charge in [-0.05, 0) is 6.08 Å². The first-order chi connectivity index (χ1) is 3.50. The Balaban J connectivity index is 2.60. The van der Waals surface area contributed by atoms with E-state index in [1.807, 2.05) is 24.2 Å². The number of hydrogen-bond acceptors (Lipinski definition) is 1. The van der Waals surface area contributed by atoms with Crippen LogP contribution in [0.3, 0.4) is 0 Å². The molecule has 0 aromatic rings. The molecule has 1 aliphatic heterocycles. The molecule has 0 atom stereocenters. The summed E-state index contributed by atoms with van der Waals surface area (Å²) in [4.78, 5) is 3.97. The predicted octanol–water partition coefficient (Wildman–Crippen LogP) is 0.492. The summed E-state index contributed by atoms with van der Waals surface area (Å²) in [5.74, 6) is 2.01. The maximum atomic E-state index is 3.97. The van der Waals surface area contributed by atoms with E-state index in [9.17, 15) is 0 Å². The molecule has 1 heterocycles. The summed E-state index contributed by atoms with van der Waals surface area (Å²) in [6.07, 6.45) is 7.69. The molecule has 0 aliphatic carbocycles. The van der Waals surface area contributed by atoms with Crippen LogP contribution in [0.15, 0.2) is 29.1 Å². The van der Waals surface area contributed by atoms with Crippen molar-refractivity contribution in [2.75, 3.05) is 0 Å². The molecule has 34 valence electrons. The Morgan fingerprint density at radius 2 is 2.14 bits per heavy atom. The van der Waals surface area contributed by atoms with Gasteiger partial charge in [0.25, 0.3) is 7.41 Å². The lowest BCUT2D eigenvalue weighted by Crippen LogP contribution is -1.73. The van der Waals surface area contributed by atoms with Gasteiger partial charge in [-0.25, -0.2) is 0 Å². The molecule has 0 aromatic heterocycles. The molecule has 0 fully saturated rings. The van der Waals surface area contributed by atoms with Crippen molar-refractivity contribution in [3.05, 3.63) is 24.2 Å². The van der Waals surface area contributed by atoms with Crippen molar-refractivity contribution in [1.29, 1.82) is 0 Å². The van der Waals surface area contributed by atoms with E-state index >= 15 is 0 Å². The van der Waals surface area contributed by atoms with Gasteiger partial charge < -0.3 is 4.90 Å². The monoisotopic (exact) mass is 91.1 g/mol. The highest BCUT2D eigenvalue weighted by atomic mass is 14.6. The first kappa shape index (κ1) is 4.38. The summed E-state index contributed by atoms with van der Waals surface area (Å²) in [5.41, 5.74) is 0. The summed E-state index contributed by atoms with van der Waals surface area (Å²) >= 11 is 0. The Bertz CT molecular complexity index is 110. The van der Waals surface area contributed by atoms with Crippen molar-refractivity contribution >= 4 is 13.6 Å². The van der Waals surface area contributed by atoms with E-state index < -0.39 is 0 Å². The third kappa shape index (κ3) is 1.40. The lowest BCUT2D eigenvalue weighted by atomic mass is 9.97. The zero-order chi connectivity index (χ0) is 4.95. The van der Waals surface area contributed by atoms with E-state index in [1.54, 1.807) is 6.21 Å². The van der Waals surface area contributed by atoms with Crippen LogP contribution in [0, 0.1) is 0 Å². The molecule has 0 saturated carbocycles. The van der Waals surface area contributed by atoms with Crippen LogP contribution in [-0.4, -0.2) is 13.6 Å². The molecule has 0 radical (unpaired) electrons. The van der Waals surface area contributed by atoms with Crippen LogP contribution in [0.2, 0.25) is 0 Å². The molecule has 0 unspecified atom stereocenters. The average Bonchev–Trinajstić information content (AvgIpc) is 1.90. The number of nitrogens with zero attached hydrogens (tertiary/aromatic N) is 1. The molecule has 1 nitrogen and oxygen atoms in total. The molecule has 0 saturated heterocycles. The third-order valence-corrected chi connectivity index (χ3v) is 0.761. The summed E-state index contributed by atoms with van der Waals surface area (Å²) in [5, 5.41) is 0. The minimum Gasteiger partial charge on any atom is -0.348 e. The van der Waals surface area contributed by atoms with Gasteiger partial charge in [0.05, 0.1) is 0 Å². The summed E-state index contributed by atoms with van der Waals surface area (Å²) in [6, 6.07) is 0. The van der Waals surface area contributed by atoms with Crippen molar-refractivity contribution in [3.63, 3.8) is 0 Å². The fraction of sp³-hybridized carbons (Fsp3) is 0. The van der Waals surface area contributed by atoms with Crippen LogP contribution in [0.25, 0.3) is 0 Å². The van der Waals surface area contributed by atoms with Crippen LogP contribution in [0.4, 0.5) is 0 Å². The van der Waals surface area contributed by atoms with Crippen molar-refractivity contribution in [3.8, 4) is 0 Å². The molecule has 1 aliphatic rings. The van der Waals surface area contributed by atoms with Gasteiger partial charge in [-0.2, -0.15) is 0 Å². The number of hydrogen-bond donors (Lipinski definition) is 0. The zero-order valence-corrected chi connectivity index (χ0v) is 4.04. The molecule has 0 aromatic carbocycles. The highest BCUT2D eigenvalue weighted by Crippen LogP contribution is 1.79. The van der Waals surface area contributed by atoms with Crippen LogP contribution in [-0.2, 0) is 0 Å². The first-order valence-electron chi connectivity index (χ1n) is 2.32. The summed E-state index contributed by atoms with van der Waals surface area (Å²) < 4.78 is 0. The summed E-state index contributed by atoms with van der Waals surface area (Å²) in [6.45, 7) is 0. The number of allylic oxidation sites excluding steroid dienone is 3. The average molecular weight is 90.9 g/mol. The number of rotatable bonds is 0. The highest BCUT2D eigenvalue weighted by Gasteiger charge is 1.75. The Hall–Kier alpha value is -0.785. The van der Waals surface area contributed by atoms with Crippen molar-refractivity contribution in [2.24, 2.45) is 4.90 Å². The molecule has 0 amide bonds. The Kier molecular flexibility index (Phi) is 1.50. The minimum atomic E-state index is 0.826. The Morgan fingerprint density at radius 1 is 1.14 bits per heavy atom. The van der Waals surface area contributed by atoms with Gasteiger partial charge in [0.15, 0.2) is 0 Å². The van der Waals surface area contributed by atoms with Crippen molar-refractivity contribution in [1.82, 2.24) is 0 Å². The Morgan fingerprint density at radius 3 is 3.14 bits per heavy atom. The lowest BCUT2D eigenvalue weighted by Gasteiger charge is -1.67. The fourth-order valence-electron chi connectivity index (χ4n) is 0.436. The highest BCUT2D eigenvalue weighted by molar-refractivity contribution is 6.41. The molecule has 2 heteroatoms. The van der Waals surface area contributed by atoms with E-state index in [0.29, 0.717) is 0 Å². The molecular weight excluding hydrogens is 84.9 g/mol. The van der Waals surface area contributed by atoms with Crippen LogP contribution >= 0.6 is 0 Å². The van der Waals surface area contributed by atoms with Gasteiger partial charge in [-0.3, -0.25) is 0 Å². The van der Waals surface area contributed by atoms with E-state index in [2.05, 4.69) is 4.90 Å². The van der Waals surface area contributed by atoms with Crippen molar-refractivity contribution < 1.29 is 0 Å². The molecule has 1 rings (SSSR count).